The molecule has 0 aliphatic rings. The summed E-state index contributed by atoms with van der Waals surface area (Å²) in [5.41, 5.74) is 1.51. The van der Waals surface area contributed by atoms with E-state index in [-0.39, 0.29) is 11.4 Å². The Morgan fingerprint density at radius 3 is 2.17 bits per heavy atom. The maximum Gasteiger partial charge on any atom is 0.326 e. The van der Waals surface area contributed by atoms with Crippen molar-refractivity contribution in [1.29, 1.82) is 0 Å². The van der Waals surface area contributed by atoms with Gasteiger partial charge in [0.05, 0.1) is 17.7 Å². The third-order valence-electron chi connectivity index (χ3n) is 3.46. The monoisotopic (exact) mass is 333 g/mol. The maximum atomic E-state index is 12.9. The molecule has 0 bridgehead atoms. The fourth-order valence-corrected chi connectivity index (χ4v) is 3.54. The van der Waals surface area contributed by atoms with E-state index in [4.69, 9.17) is 0 Å². The number of ether oxygens (including phenoxy) is 1. The van der Waals surface area contributed by atoms with Crippen LogP contribution in [0.15, 0.2) is 59.5 Å². The lowest BCUT2D eigenvalue weighted by molar-refractivity contribution is -0.138. The predicted molar refractivity (Wildman–Crippen MR) is 88.8 cm³/mol. The summed E-state index contributed by atoms with van der Waals surface area (Å²) >= 11 is 0. The Hall–Kier alpha value is -2.34. The van der Waals surface area contributed by atoms with E-state index in [9.17, 15) is 13.2 Å². The third-order valence-corrected chi connectivity index (χ3v) is 5.25. The molecule has 0 unspecified atom stereocenters. The Bertz CT molecular complexity index is 755. The first kappa shape index (κ1) is 17.0. The number of carbonyl (C=O) groups is 1. The van der Waals surface area contributed by atoms with Gasteiger partial charge in [0.1, 0.15) is 6.54 Å². The number of carbonyl (C=O) groups excluding carboxylic acids is 1. The van der Waals surface area contributed by atoms with Crippen molar-refractivity contribution in [2.45, 2.75) is 18.2 Å². The van der Waals surface area contributed by atoms with Crippen molar-refractivity contribution < 1.29 is 17.9 Å². The van der Waals surface area contributed by atoms with Gasteiger partial charge in [-0.15, -0.1) is 0 Å². The second-order valence-corrected chi connectivity index (χ2v) is 6.78. The number of hydrogen-bond acceptors (Lipinski definition) is 4. The predicted octanol–water partition coefficient (Wildman–Crippen LogP) is 2.62. The summed E-state index contributed by atoms with van der Waals surface area (Å²) in [5, 5.41) is 0. The molecular formula is C17H19NO4S. The van der Waals surface area contributed by atoms with Gasteiger partial charge in [-0.2, -0.15) is 0 Å². The zero-order valence-electron chi connectivity index (χ0n) is 13.1. The first-order valence-corrected chi connectivity index (χ1v) is 8.66. The highest BCUT2D eigenvalue weighted by molar-refractivity contribution is 7.92. The number of anilines is 1. The fraction of sp³-hybridized carbons (Fsp3) is 0.235. The van der Waals surface area contributed by atoms with Crippen molar-refractivity contribution in [3.8, 4) is 0 Å². The molecular weight excluding hydrogens is 314 g/mol. The minimum absolute atomic E-state index is 0.128. The molecule has 0 radical (unpaired) electrons. The van der Waals surface area contributed by atoms with Gasteiger partial charge in [0, 0.05) is 0 Å². The second-order valence-electron chi connectivity index (χ2n) is 4.92. The number of methoxy groups -OCH3 is 1. The van der Waals surface area contributed by atoms with Crippen molar-refractivity contribution in [2.75, 3.05) is 18.0 Å². The van der Waals surface area contributed by atoms with E-state index in [1.165, 1.54) is 19.2 Å². The molecule has 0 aliphatic carbocycles. The van der Waals surface area contributed by atoms with Gasteiger partial charge in [-0.1, -0.05) is 37.3 Å². The first-order valence-electron chi connectivity index (χ1n) is 7.22. The van der Waals surface area contributed by atoms with Gasteiger partial charge in [-0.3, -0.25) is 9.10 Å². The fourth-order valence-electron chi connectivity index (χ4n) is 2.11. The van der Waals surface area contributed by atoms with Crippen LogP contribution in [0.2, 0.25) is 0 Å². The number of hydrogen-bond donors (Lipinski definition) is 0. The SMILES string of the molecule is CCc1ccc(N(CC(=O)OC)S(=O)(=O)c2ccccc2)cc1. The van der Waals surface area contributed by atoms with Crippen LogP contribution in [0.5, 0.6) is 0 Å². The van der Waals surface area contributed by atoms with Crippen molar-refractivity contribution >= 4 is 21.7 Å². The van der Waals surface area contributed by atoms with Gasteiger partial charge in [0.2, 0.25) is 0 Å². The van der Waals surface area contributed by atoms with Crippen LogP contribution in [0.4, 0.5) is 5.69 Å². The number of rotatable bonds is 6. The number of aryl methyl sites for hydroxylation is 1. The molecule has 0 fully saturated rings. The highest BCUT2D eigenvalue weighted by atomic mass is 32.2. The molecule has 5 nitrogen and oxygen atoms in total. The zero-order chi connectivity index (χ0) is 16.9. The number of sulfonamides is 1. The van der Waals surface area contributed by atoms with E-state index in [2.05, 4.69) is 4.74 Å². The number of benzene rings is 2. The zero-order valence-corrected chi connectivity index (χ0v) is 13.9. The molecule has 0 saturated heterocycles. The van der Waals surface area contributed by atoms with E-state index in [1.54, 1.807) is 30.3 Å². The van der Waals surface area contributed by atoms with Crippen molar-refractivity contribution in [3.63, 3.8) is 0 Å². The summed E-state index contributed by atoms with van der Waals surface area (Å²) in [5.74, 6) is -0.621. The molecule has 2 aromatic carbocycles. The largest absolute Gasteiger partial charge is 0.468 e. The third kappa shape index (κ3) is 3.90. The average molecular weight is 333 g/mol. The van der Waals surface area contributed by atoms with E-state index in [0.29, 0.717) is 5.69 Å². The van der Waals surface area contributed by atoms with E-state index in [1.807, 2.05) is 19.1 Å². The van der Waals surface area contributed by atoms with Crippen LogP contribution < -0.4 is 4.31 Å². The molecule has 2 aromatic rings. The summed E-state index contributed by atoms with van der Waals surface area (Å²) in [6.45, 7) is 1.64. The summed E-state index contributed by atoms with van der Waals surface area (Å²) in [7, 11) is -2.61. The quantitative estimate of drug-likeness (QED) is 0.762. The Morgan fingerprint density at radius 2 is 1.65 bits per heavy atom. The van der Waals surface area contributed by atoms with Gasteiger partial charge in [0.25, 0.3) is 10.0 Å². The van der Waals surface area contributed by atoms with Gasteiger partial charge < -0.3 is 4.74 Å². The molecule has 23 heavy (non-hydrogen) atoms. The maximum absolute atomic E-state index is 12.9. The number of nitrogens with zero attached hydrogens (tertiary/aromatic N) is 1. The molecule has 0 heterocycles. The van der Waals surface area contributed by atoms with Crippen LogP contribution in [-0.2, 0) is 26.0 Å². The Kier molecular flexibility index (Phi) is 5.39. The summed E-state index contributed by atoms with van der Waals surface area (Å²) in [6, 6.07) is 15.1. The summed E-state index contributed by atoms with van der Waals surface area (Å²) in [6.07, 6.45) is 0.850. The second kappa shape index (κ2) is 7.28. The van der Waals surface area contributed by atoms with Crippen LogP contribution in [-0.4, -0.2) is 28.0 Å². The lowest BCUT2D eigenvalue weighted by atomic mass is 10.1. The van der Waals surface area contributed by atoms with Crippen LogP contribution >= 0.6 is 0 Å². The van der Waals surface area contributed by atoms with Crippen LogP contribution in [0.3, 0.4) is 0 Å². The van der Waals surface area contributed by atoms with Gasteiger partial charge in [0.15, 0.2) is 0 Å². The van der Waals surface area contributed by atoms with E-state index >= 15 is 0 Å². The topological polar surface area (TPSA) is 63.7 Å². The molecule has 122 valence electrons. The summed E-state index contributed by atoms with van der Waals surface area (Å²) in [4.78, 5) is 11.8. The molecule has 0 aliphatic heterocycles. The molecule has 2 rings (SSSR count). The molecule has 0 aromatic heterocycles. The minimum atomic E-state index is -3.85. The van der Waals surface area contributed by atoms with Gasteiger partial charge >= 0.3 is 5.97 Å². The Labute approximate surface area is 136 Å². The lowest BCUT2D eigenvalue weighted by Crippen LogP contribution is -2.36. The summed E-state index contributed by atoms with van der Waals surface area (Å²) < 4.78 is 31.4. The van der Waals surface area contributed by atoms with Crippen molar-refractivity contribution in [1.82, 2.24) is 0 Å². The van der Waals surface area contributed by atoms with Gasteiger partial charge in [-0.25, -0.2) is 8.42 Å². The Balaban J connectivity index is 2.47. The van der Waals surface area contributed by atoms with Crippen LogP contribution in [0.25, 0.3) is 0 Å². The molecule has 0 atom stereocenters. The van der Waals surface area contributed by atoms with Crippen LogP contribution in [0, 0.1) is 0 Å². The first-order chi connectivity index (χ1) is 11.0. The highest BCUT2D eigenvalue weighted by Gasteiger charge is 2.27. The van der Waals surface area contributed by atoms with E-state index < -0.39 is 16.0 Å². The lowest BCUT2D eigenvalue weighted by Gasteiger charge is -2.23. The van der Waals surface area contributed by atoms with Crippen molar-refractivity contribution in [3.05, 3.63) is 60.2 Å². The highest BCUT2D eigenvalue weighted by Crippen LogP contribution is 2.24. The Morgan fingerprint density at radius 1 is 1.04 bits per heavy atom. The average Bonchev–Trinajstić information content (AvgIpc) is 2.60. The van der Waals surface area contributed by atoms with E-state index in [0.717, 1.165) is 16.3 Å². The minimum Gasteiger partial charge on any atom is -0.468 e. The smallest absolute Gasteiger partial charge is 0.326 e. The molecule has 0 N–H and O–H groups in total. The molecule has 0 spiro atoms. The molecule has 0 amide bonds. The molecule has 6 heteroatoms. The normalized spacial score (nSPS) is 11.0. The number of esters is 1. The van der Waals surface area contributed by atoms with Gasteiger partial charge in [-0.05, 0) is 36.2 Å². The van der Waals surface area contributed by atoms with Crippen molar-refractivity contribution in [2.24, 2.45) is 0 Å². The van der Waals surface area contributed by atoms with Crippen LogP contribution in [0.1, 0.15) is 12.5 Å². The molecule has 0 saturated carbocycles. The standard InChI is InChI=1S/C17H19NO4S/c1-3-14-9-11-15(12-10-14)18(13-17(19)22-2)23(20,21)16-7-5-4-6-8-16/h4-12H,3,13H2,1-2H3.